The largest absolute Gasteiger partial charge is 0.462 e. The second kappa shape index (κ2) is 8.92. The van der Waals surface area contributed by atoms with E-state index < -0.39 is 0 Å². The minimum atomic E-state index is -0.361. The van der Waals surface area contributed by atoms with Crippen molar-refractivity contribution in [3.8, 4) is 0 Å². The van der Waals surface area contributed by atoms with Crippen LogP contribution >= 0.6 is 0 Å². The first-order valence-electron chi connectivity index (χ1n) is 11.6. The van der Waals surface area contributed by atoms with Gasteiger partial charge in [-0.1, -0.05) is 0 Å². The molecule has 1 aliphatic carbocycles. The summed E-state index contributed by atoms with van der Waals surface area (Å²) in [6.45, 7) is 11.2. The molecule has 2 aliphatic rings. The predicted octanol–water partition coefficient (Wildman–Crippen LogP) is 3.44. The highest BCUT2D eigenvalue weighted by molar-refractivity contribution is 5.93. The molecule has 0 spiro atoms. The number of aromatic nitrogens is 3. The Labute approximate surface area is 189 Å². The molecule has 0 N–H and O–H groups in total. The van der Waals surface area contributed by atoms with Crippen LogP contribution in [0.3, 0.4) is 0 Å². The summed E-state index contributed by atoms with van der Waals surface area (Å²) in [7, 11) is 0. The van der Waals surface area contributed by atoms with Crippen molar-refractivity contribution in [2.75, 3.05) is 37.7 Å². The zero-order valence-corrected chi connectivity index (χ0v) is 19.5. The van der Waals surface area contributed by atoms with E-state index >= 15 is 0 Å². The summed E-state index contributed by atoms with van der Waals surface area (Å²) in [5.74, 6) is 1.00. The molecule has 2 aromatic rings. The van der Waals surface area contributed by atoms with Crippen LogP contribution in [0.2, 0.25) is 0 Å². The van der Waals surface area contributed by atoms with Crippen LogP contribution < -0.4 is 4.90 Å². The Bertz CT molecular complexity index is 973. The average molecular weight is 440 g/mol. The first kappa shape index (κ1) is 22.3. The van der Waals surface area contributed by atoms with Crippen molar-refractivity contribution in [2.45, 2.75) is 58.4 Å². The first-order valence-corrected chi connectivity index (χ1v) is 11.6. The van der Waals surface area contributed by atoms with Gasteiger partial charge in [0.1, 0.15) is 11.5 Å². The van der Waals surface area contributed by atoms with Gasteiger partial charge >= 0.3 is 5.97 Å². The molecule has 1 saturated heterocycles. The van der Waals surface area contributed by atoms with E-state index in [2.05, 4.69) is 30.7 Å². The standard InChI is InChI=1S/C24H33N5O3/c1-5-32-23(31)18-9-10-21(25-16-18)27-11-6-12-28(14-13-27)22(30)20-15-19(17-7-8-17)26-29(20)24(2,3)4/h9-10,15-17H,5-8,11-14H2,1-4H3. The molecule has 2 fully saturated rings. The van der Waals surface area contributed by atoms with Crippen molar-refractivity contribution >= 4 is 17.7 Å². The lowest BCUT2D eigenvalue weighted by molar-refractivity contribution is 0.0525. The third-order valence-electron chi connectivity index (χ3n) is 5.94. The number of amides is 1. The van der Waals surface area contributed by atoms with Gasteiger partial charge in [0.15, 0.2) is 0 Å². The molecule has 1 amide bonds. The molecule has 1 saturated carbocycles. The van der Waals surface area contributed by atoms with E-state index in [-0.39, 0.29) is 17.4 Å². The summed E-state index contributed by atoms with van der Waals surface area (Å²) >= 11 is 0. The normalized spacial score (nSPS) is 17.2. The van der Waals surface area contributed by atoms with Crippen LogP contribution in [-0.2, 0) is 10.3 Å². The number of pyridine rings is 1. The number of nitrogens with zero attached hydrogens (tertiary/aromatic N) is 5. The van der Waals surface area contributed by atoms with Crippen LogP contribution in [0, 0.1) is 0 Å². The van der Waals surface area contributed by atoms with Gasteiger partial charge in [-0.15, -0.1) is 0 Å². The first-order chi connectivity index (χ1) is 15.3. The summed E-state index contributed by atoms with van der Waals surface area (Å²) < 4.78 is 6.93. The lowest BCUT2D eigenvalue weighted by Crippen LogP contribution is -2.38. The number of anilines is 1. The van der Waals surface area contributed by atoms with Gasteiger partial charge in [0.05, 0.1) is 23.4 Å². The summed E-state index contributed by atoms with van der Waals surface area (Å²) in [6, 6.07) is 5.60. The van der Waals surface area contributed by atoms with Gasteiger partial charge in [-0.25, -0.2) is 9.78 Å². The molecule has 3 heterocycles. The van der Waals surface area contributed by atoms with Crippen LogP contribution in [0.1, 0.15) is 79.4 Å². The summed E-state index contributed by atoms with van der Waals surface area (Å²) in [5, 5.41) is 4.79. The maximum atomic E-state index is 13.5. The van der Waals surface area contributed by atoms with Crippen molar-refractivity contribution in [3.05, 3.63) is 41.3 Å². The Morgan fingerprint density at radius 3 is 2.53 bits per heavy atom. The van der Waals surface area contributed by atoms with Gasteiger partial charge in [-0.3, -0.25) is 9.48 Å². The Morgan fingerprint density at radius 2 is 1.91 bits per heavy atom. The predicted molar refractivity (Wildman–Crippen MR) is 122 cm³/mol. The summed E-state index contributed by atoms with van der Waals surface area (Å²) in [4.78, 5) is 33.9. The van der Waals surface area contributed by atoms with Gasteiger partial charge in [0, 0.05) is 38.3 Å². The molecule has 0 unspecified atom stereocenters. The Kier molecular flexibility index (Phi) is 6.22. The molecule has 8 nitrogen and oxygen atoms in total. The molecule has 2 aromatic heterocycles. The van der Waals surface area contributed by atoms with Crippen molar-refractivity contribution < 1.29 is 14.3 Å². The molecular formula is C24H33N5O3. The maximum Gasteiger partial charge on any atom is 0.339 e. The third-order valence-corrected chi connectivity index (χ3v) is 5.94. The average Bonchev–Trinajstić information content (AvgIpc) is 3.55. The van der Waals surface area contributed by atoms with Gasteiger partial charge in [-0.2, -0.15) is 5.10 Å². The third kappa shape index (κ3) is 4.79. The van der Waals surface area contributed by atoms with Crippen molar-refractivity contribution in [3.63, 3.8) is 0 Å². The van der Waals surface area contributed by atoms with E-state index in [1.165, 1.54) is 0 Å². The van der Waals surface area contributed by atoms with Crippen LogP contribution in [0.5, 0.6) is 0 Å². The molecule has 8 heteroatoms. The van der Waals surface area contributed by atoms with E-state index in [0.29, 0.717) is 43.4 Å². The summed E-state index contributed by atoms with van der Waals surface area (Å²) in [6.07, 6.45) is 4.74. The minimum absolute atomic E-state index is 0.0480. The highest BCUT2D eigenvalue weighted by atomic mass is 16.5. The van der Waals surface area contributed by atoms with Gasteiger partial charge in [-0.05, 0) is 65.2 Å². The number of hydrogen-bond acceptors (Lipinski definition) is 6. The fourth-order valence-electron chi connectivity index (χ4n) is 4.06. The number of carbonyl (C=O) groups excluding carboxylic acids is 2. The molecule has 4 rings (SSSR count). The van der Waals surface area contributed by atoms with Crippen LogP contribution in [0.4, 0.5) is 5.82 Å². The molecule has 0 atom stereocenters. The van der Waals surface area contributed by atoms with Crippen LogP contribution in [0.15, 0.2) is 24.4 Å². The van der Waals surface area contributed by atoms with Crippen molar-refractivity contribution in [2.24, 2.45) is 0 Å². The molecule has 0 aromatic carbocycles. The number of rotatable bonds is 5. The molecular weight excluding hydrogens is 406 g/mol. The van der Waals surface area contributed by atoms with Gasteiger partial charge < -0.3 is 14.5 Å². The van der Waals surface area contributed by atoms with Gasteiger partial charge in [0.2, 0.25) is 0 Å². The second-order valence-corrected chi connectivity index (χ2v) is 9.57. The topological polar surface area (TPSA) is 80.6 Å². The molecule has 32 heavy (non-hydrogen) atoms. The summed E-state index contributed by atoms with van der Waals surface area (Å²) in [5.41, 5.74) is 1.93. The lowest BCUT2D eigenvalue weighted by Gasteiger charge is -2.26. The highest BCUT2D eigenvalue weighted by Gasteiger charge is 2.33. The SMILES string of the molecule is CCOC(=O)c1ccc(N2CCCN(C(=O)c3cc(C4CC4)nn3C(C)(C)C)CC2)nc1. The number of carbonyl (C=O) groups is 2. The molecule has 1 aliphatic heterocycles. The lowest BCUT2D eigenvalue weighted by atomic mass is 10.1. The zero-order valence-electron chi connectivity index (χ0n) is 19.5. The fraction of sp³-hybridized carbons (Fsp3) is 0.583. The molecule has 0 bridgehead atoms. The monoisotopic (exact) mass is 439 g/mol. The Hall–Kier alpha value is -2.90. The Morgan fingerprint density at radius 1 is 1.12 bits per heavy atom. The number of esters is 1. The van der Waals surface area contributed by atoms with Crippen LogP contribution in [0.25, 0.3) is 0 Å². The number of hydrogen-bond donors (Lipinski definition) is 0. The van der Waals surface area contributed by atoms with E-state index in [0.717, 1.165) is 37.3 Å². The van der Waals surface area contributed by atoms with E-state index in [9.17, 15) is 9.59 Å². The van der Waals surface area contributed by atoms with E-state index in [1.807, 2.05) is 21.7 Å². The highest BCUT2D eigenvalue weighted by Crippen LogP contribution is 2.40. The maximum absolute atomic E-state index is 13.5. The van der Waals surface area contributed by atoms with Gasteiger partial charge in [0.25, 0.3) is 5.91 Å². The molecule has 0 radical (unpaired) electrons. The van der Waals surface area contributed by atoms with E-state index in [1.54, 1.807) is 19.2 Å². The second-order valence-electron chi connectivity index (χ2n) is 9.57. The smallest absolute Gasteiger partial charge is 0.339 e. The quantitative estimate of drug-likeness (QED) is 0.664. The number of ether oxygens (including phenoxy) is 1. The minimum Gasteiger partial charge on any atom is -0.462 e. The van der Waals surface area contributed by atoms with Crippen LogP contribution in [-0.4, -0.2) is 64.3 Å². The van der Waals surface area contributed by atoms with Crippen molar-refractivity contribution in [1.82, 2.24) is 19.7 Å². The van der Waals surface area contributed by atoms with Crippen molar-refractivity contribution in [1.29, 1.82) is 0 Å². The fourth-order valence-corrected chi connectivity index (χ4v) is 4.06. The zero-order chi connectivity index (χ0) is 22.9. The van der Waals surface area contributed by atoms with E-state index in [4.69, 9.17) is 9.84 Å². The molecule has 172 valence electrons. The Balaban J connectivity index is 1.46.